The molecule has 1 fully saturated rings. The number of thiazole rings is 1. The number of hydrogen-bond donors (Lipinski definition) is 1. The largest absolute Gasteiger partial charge is 0.550 e. The number of rotatable bonds is 4. The van der Waals surface area contributed by atoms with Crippen LogP contribution in [-0.2, 0) is 9.59 Å². The minimum absolute atomic E-state index is 0.322. The van der Waals surface area contributed by atoms with E-state index in [0.717, 1.165) is 12.8 Å². The standard InChI is InChI=1S/C17H16Cl2N2O3S/c18-9-5-6-12(13(19)7-9)14-8-25-17(20-14)21-15(22)10-3-1-2-4-11(10)16(23)24/h5-8,10-11H,1-4H2,(H,23,24)(H,20,21,22)/p-1/t10-,11-/m1/s1. The Kier molecular flexibility index (Phi) is 5.61. The number of benzene rings is 1. The number of aliphatic carboxylic acids is 1. The van der Waals surface area contributed by atoms with E-state index in [-0.39, 0.29) is 5.91 Å². The number of anilines is 1. The summed E-state index contributed by atoms with van der Waals surface area (Å²) in [6.07, 6.45) is 2.67. The van der Waals surface area contributed by atoms with Crippen molar-refractivity contribution in [1.29, 1.82) is 0 Å². The van der Waals surface area contributed by atoms with Gasteiger partial charge in [0, 0.05) is 33.8 Å². The molecule has 0 aliphatic heterocycles. The summed E-state index contributed by atoms with van der Waals surface area (Å²) >= 11 is 13.3. The fourth-order valence-electron chi connectivity index (χ4n) is 3.08. The van der Waals surface area contributed by atoms with E-state index in [1.807, 2.05) is 0 Å². The Morgan fingerprint density at radius 1 is 1.20 bits per heavy atom. The lowest BCUT2D eigenvalue weighted by atomic mass is 9.79. The van der Waals surface area contributed by atoms with Crippen molar-refractivity contribution in [2.75, 3.05) is 5.32 Å². The van der Waals surface area contributed by atoms with E-state index < -0.39 is 17.8 Å². The molecule has 0 spiro atoms. The van der Waals surface area contributed by atoms with E-state index >= 15 is 0 Å². The Bertz CT molecular complexity index is 809. The Morgan fingerprint density at radius 2 is 1.92 bits per heavy atom. The van der Waals surface area contributed by atoms with Crippen LogP contribution < -0.4 is 10.4 Å². The highest BCUT2D eigenvalue weighted by Crippen LogP contribution is 2.34. The summed E-state index contributed by atoms with van der Waals surface area (Å²) in [7, 11) is 0. The molecule has 1 saturated carbocycles. The van der Waals surface area contributed by atoms with Crippen molar-refractivity contribution in [1.82, 2.24) is 4.98 Å². The van der Waals surface area contributed by atoms with Gasteiger partial charge in [-0.3, -0.25) is 4.79 Å². The van der Waals surface area contributed by atoms with Crippen molar-refractivity contribution in [3.8, 4) is 11.3 Å². The Balaban J connectivity index is 1.74. The molecule has 8 heteroatoms. The third kappa shape index (κ3) is 4.14. The van der Waals surface area contributed by atoms with Crippen molar-refractivity contribution in [2.45, 2.75) is 25.7 Å². The molecule has 1 N–H and O–H groups in total. The monoisotopic (exact) mass is 397 g/mol. The zero-order valence-electron chi connectivity index (χ0n) is 13.1. The number of carbonyl (C=O) groups is 2. The van der Waals surface area contributed by atoms with Crippen LogP contribution in [0, 0.1) is 11.8 Å². The van der Waals surface area contributed by atoms with E-state index in [4.69, 9.17) is 23.2 Å². The lowest BCUT2D eigenvalue weighted by Gasteiger charge is -2.30. The Morgan fingerprint density at radius 3 is 2.60 bits per heavy atom. The number of carbonyl (C=O) groups excluding carboxylic acids is 2. The average Bonchev–Trinajstić information content (AvgIpc) is 3.02. The van der Waals surface area contributed by atoms with Gasteiger partial charge < -0.3 is 15.2 Å². The SMILES string of the molecule is O=C([O-])[C@@H]1CCCC[C@H]1C(=O)Nc1nc(-c2ccc(Cl)cc2Cl)cs1. The molecule has 1 aromatic heterocycles. The molecule has 25 heavy (non-hydrogen) atoms. The minimum atomic E-state index is -1.16. The molecule has 0 saturated heterocycles. The first-order chi connectivity index (χ1) is 12.0. The number of hydrogen-bond acceptors (Lipinski definition) is 5. The molecule has 0 unspecified atom stereocenters. The minimum Gasteiger partial charge on any atom is -0.550 e. The molecular formula is C17H15Cl2N2O3S-. The van der Waals surface area contributed by atoms with Crippen LogP contribution in [-0.4, -0.2) is 16.9 Å². The molecule has 2 aromatic rings. The van der Waals surface area contributed by atoms with Crippen LogP contribution in [0.1, 0.15) is 25.7 Å². The van der Waals surface area contributed by atoms with Gasteiger partial charge in [0.25, 0.3) is 0 Å². The van der Waals surface area contributed by atoms with Gasteiger partial charge in [0.05, 0.1) is 10.7 Å². The molecule has 0 radical (unpaired) electrons. The molecule has 2 atom stereocenters. The predicted octanol–water partition coefficient (Wildman–Crippen LogP) is 3.61. The van der Waals surface area contributed by atoms with Gasteiger partial charge in [-0.2, -0.15) is 0 Å². The van der Waals surface area contributed by atoms with Gasteiger partial charge in [0.1, 0.15) is 0 Å². The van der Waals surface area contributed by atoms with Crippen molar-refractivity contribution >= 4 is 51.5 Å². The molecule has 1 amide bonds. The number of nitrogens with one attached hydrogen (secondary N) is 1. The fraction of sp³-hybridized carbons (Fsp3) is 0.353. The van der Waals surface area contributed by atoms with E-state index in [0.29, 0.717) is 39.3 Å². The number of carboxylic acid groups (broad SMARTS) is 1. The molecule has 1 aliphatic rings. The summed E-state index contributed by atoms with van der Waals surface area (Å²) in [5.74, 6) is -2.80. The molecule has 5 nitrogen and oxygen atoms in total. The average molecular weight is 398 g/mol. The number of carboxylic acids is 1. The van der Waals surface area contributed by atoms with E-state index in [1.54, 1.807) is 23.6 Å². The van der Waals surface area contributed by atoms with Gasteiger partial charge in [-0.15, -0.1) is 11.3 Å². The number of amides is 1. The van der Waals surface area contributed by atoms with Gasteiger partial charge in [0.15, 0.2) is 5.13 Å². The third-order valence-electron chi connectivity index (χ3n) is 4.35. The van der Waals surface area contributed by atoms with Crippen LogP contribution in [0.15, 0.2) is 23.6 Å². The number of nitrogens with zero attached hydrogens (tertiary/aromatic N) is 1. The van der Waals surface area contributed by atoms with Crippen molar-refractivity contribution in [3.63, 3.8) is 0 Å². The summed E-state index contributed by atoms with van der Waals surface area (Å²) < 4.78 is 0. The highest BCUT2D eigenvalue weighted by atomic mass is 35.5. The van der Waals surface area contributed by atoms with Crippen LogP contribution in [0.25, 0.3) is 11.3 Å². The smallest absolute Gasteiger partial charge is 0.229 e. The highest BCUT2D eigenvalue weighted by Gasteiger charge is 2.32. The molecule has 0 bridgehead atoms. The molecule has 1 aromatic carbocycles. The topological polar surface area (TPSA) is 82.1 Å². The summed E-state index contributed by atoms with van der Waals surface area (Å²) in [6, 6.07) is 5.11. The van der Waals surface area contributed by atoms with Crippen molar-refractivity contribution < 1.29 is 14.7 Å². The maximum atomic E-state index is 12.5. The first-order valence-electron chi connectivity index (χ1n) is 7.88. The number of halogens is 2. The second-order valence-electron chi connectivity index (χ2n) is 5.97. The lowest BCUT2D eigenvalue weighted by molar-refractivity contribution is -0.313. The van der Waals surface area contributed by atoms with Crippen LogP contribution in [0.2, 0.25) is 10.0 Å². The quantitative estimate of drug-likeness (QED) is 0.853. The number of aromatic nitrogens is 1. The Hall–Kier alpha value is -1.63. The van der Waals surface area contributed by atoms with Crippen molar-refractivity contribution in [2.24, 2.45) is 11.8 Å². The lowest BCUT2D eigenvalue weighted by Crippen LogP contribution is -2.42. The second kappa shape index (κ2) is 7.72. The highest BCUT2D eigenvalue weighted by molar-refractivity contribution is 7.14. The van der Waals surface area contributed by atoms with Gasteiger partial charge in [-0.1, -0.05) is 36.0 Å². The summed E-state index contributed by atoms with van der Waals surface area (Å²) in [5, 5.41) is 17.2. The van der Waals surface area contributed by atoms with Crippen LogP contribution in [0.5, 0.6) is 0 Å². The van der Waals surface area contributed by atoms with E-state index in [2.05, 4.69) is 10.3 Å². The molecular weight excluding hydrogens is 383 g/mol. The third-order valence-corrected chi connectivity index (χ3v) is 5.65. The van der Waals surface area contributed by atoms with Crippen molar-refractivity contribution in [3.05, 3.63) is 33.6 Å². The van der Waals surface area contributed by atoms with Gasteiger partial charge in [-0.25, -0.2) is 4.98 Å². The first kappa shape index (κ1) is 18.2. The molecule has 1 aliphatic carbocycles. The van der Waals surface area contributed by atoms with Crippen LogP contribution in [0.3, 0.4) is 0 Å². The maximum absolute atomic E-state index is 12.5. The predicted molar refractivity (Wildman–Crippen MR) is 96.7 cm³/mol. The zero-order valence-corrected chi connectivity index (χ0v) is 15.5. The molecule has 3 rings (SSSR count). The molecule has 132 valence electrons. The van der Waals surface area contributed by atoms with E-state index in [9.17, 15) is 14.7 Å². The van der Waals surface area contributed by atoms with E-state index in [1.165, 1.54) is 11.3 Å². The Labute approximate surface area is 159 Å². The fourth-order valence-corrected chi connectivity index (χ4v) is 4.30. The van der Waals surface area contributed by atoms with Crippen LogP contribution in [0.4, 0.5) is 5.13 Å². The summed E-state index contributed by atoms with van der Waals surface area (Å²) in [5.41, 5.74) is 1.34. The molecule has 1 heterocycles. The van der Waals surface area contributed by atoms with Gasteiger partial charge in [-0.05, 0) is 31.0 Å². The zero-order chi connectivity index (χ0) is 18.0. The summed E-state index contributed by atoms with van der Waals surface area (Å²) in [4.78, 5) is 28.1. The summed E-state index contributed by atoms with van der Waals surface area (Å²) in [6.45, 7) is 0. The second-order valence-corrected chi connectivity index (χ2v) is 7.67. The van der Waals surface area contributed by atoms with Gasteiger partial charge in [0.2, 0.25) is 5.91 Å². The normalized spacial score (nSPS) is 20.2. The van der Waals surface area contributed by atoms with Gasteiger partial charge >= 0.3 is 0 Å². The van der Waals surface area contributed by atoms with Crippen LogP contribution >= 0.6 is 34.5 Å². The first-order valence-corrected chi connectivity index (χ1v) is 9.52. The maximum Gasteiger partial charge on any atom is 0.229 e.